The minimum atomic E-state index is -4.34. The maximum absolute atomic E-state index is 13.1. The lowest BCUT2D eigenvalue weighted by molar-refractivity contribution is -0.184. The van der Waals surface area contributed by atoms with Crippen molar-refractivity contribution in [3.63, 3.8) is 0 Å². The number of carboxylic acid groups (broad SMARTS) is 1. The van der Waals surface area contributed by atoms with E-state index in [-0.39, 0.29) is 37.1 Å². The Balaban J connectivity index is 1.97. The Morgan fingerprint density at radius 1 is 0.963 bits per heavy atom. The summed E-state index contributed by atoms with van der Waals surface area (Å²) in [5.74, 6) is -3.18. The van der Waals surface area contributed by atoms with E-state index in [9.17, 15) is 27.9 Å². The number of amides is 1. The third-order valence-corrected chi connectivity index (χ3v) is 4.78. The van der Waals surface area contributed by atoms with Crippen LogP contribution >= 0.6 is 0 Å². The number of carboxylic acids is 1. The summed E-state index contributed by atoms with van der Waals surface area (Å²) in [5, 5.41) is 9.41. The quantitative estimate of drug-likeness (QED) is 0.859. The van der Waals surface area contributed by atoms with Crippen molar-refractivity contribution in [2.24, 2.45) is 5.92 Å². The molecule has 7 heteroatoms. The van der Waals surface area contributed by atoms with Gasteiger partial charge in [0.15, 0.2) is 0 Å². The smallest absolute Gasteiger partial charge is 0.393 e. The van der Waals surface area contributed by atoms with Gasteiger partial charge in [-0.1, -0.05) is 36.4 Å². The summed E-state index contributed by atoms with van der Waals surface area (Å²) >= 11 is 0. The van der Waals surface area contributed by atoms with E-state index in [0.29, 0.717) is 11.1 Å². The molecule has 1 N–H and O–H groups in total. The summed E-state index contributed by atoms with van der Waals surface area (Å²) in [7, 11) is 0. The number of aromatic carboxylic acids is 1. The predicted octanol–water partition coefficient (Wildman–Crippen LogP) is 4.47. The molecule has 0 aromatic heterocycles. The van der Waals surface area contributed by atoms with Gasteiger partial charge in [0.1, 0.15) is 0 Å². The molecule has 1 fully saturated rings. The fraction of sp³-hybridized carbons (Fsp3) is 0.300. The van der Waals surface area contributed by atoms with E-state index in [1.54, 1.807) is 36.4 Å². The first-order valence-corrected chi connectivity index (χ1v) is 8.56. The molecule has 4 nitrogen and oxygen atoms in total. The van der Waals surface area contributed by atoms with Crippen molar-refractivity contribution in [3.05, 3.63) is 59.7 Å². The topological polar surface area (TPSA) is 57.6 Å². The van der Waals surface area contributed by atoms with E-state index in [1.165, 1.54) is 17.0 Å². The molecule has 1 heterocycles. The molecule has 1 aliphatic rings. The van der Waals surface area contributed by atoms with Gasteiger partial charge in [-0.25, -0.2) is 4.79 Å². The summed E-state index contributed by atoms with van der Waals surface area (Å²) in [5.41, 5.74) is 0.992. The first-order valence-electron chi connectivity index (χ1n) is 8.56. The fourth-order valence-electron chi connectivity index (χ4n) is 3.41. The van der Waals surface area contributed by atoms with Crippen LogP contribution in [0.4, 0.5) is 13.2 Å². The summed E-state index contributed by atoms with van der Waals surface area (Å²) < 4.78 is 39.2. The van der Waals surface area contributed by atoms with Gasteiger partial charge in [-0.2, -0.15) is 13.2 Å². The molecule has 1 amide bonds. The lowest BCUT2D eigenvalue weighted by Gasteiger charge is -2.34. The van der Waals surface area contributed by atoms with Crippen molar-refractivity contribution in [3.8, 4) is 11.1 Å². The fourth-order valence-corrected chi connectivity index (χ4v) is 3.41. The second-order valence-electron chi connectivity index (χ2n) is 6.53. The number of hydrogen-bond donors (Lipinski definition) is 1. The summed E-state index contributed by atoms with van der Waals surface area (Å²) in [6, 6.07) is 12.7. The zero-order chi connectivity index (χ0) is 19.6. The van der Waals surface area contributed by atoms with Crippen LogP contribution in [-0.2, 0) is 0 Å². The highest BCUT2D eigenvalue weighted by Gasteiger charge is 2.43. The van der Waals surface area contributed by atoms with Crippen molar-refractivity contribution >= 4 is 11.9 Å². The number of halogens is 3. The Bertz CT molecular complexity index is 864. The van der Waals surface area contributed by atoms with Gasteiger partial charge >= 0.3 is 12.1 Å². The number of carbonyl (C=O) groups excluding carboxylic acids is 1. The molecule has 1 unspecified atom stereocenters. The molecule has 142 valence electrons. The van der Waals surface area contributed by atoms with E-state index in [4.69, 9.17) is 0 Å². The maximum Gasteiger partial charge on any atom is 0.393 e. The van der Waals surface area contributed by atoms with E-state index >= 15 is 0 Å². The van der Waals surface area contributed by atoms with Crippen molar-refractivity contribution in [1.82, 2.24) is 4.90 Å². The first kappa shape index (κ1) is 18.9. The number of hydrogen-bond acceptors (Lipinski definition) is 2. The van der Waals surface area contributed by atoms with Gasteiger partial charge in [0.05, 0.1) is 11.5 Å². The first-order chi connectivity index (χ1) is 12.8. The average Bonchev–Trinajstić information content (AvgIpc) is 2.67. The largest absolute Gasteiger partial charge is 0.478 e. The van der Waals surface area contributed by atoms with Crippen LogP contribution in [0.1, 0.15) is 33.6 Å². The molecule has 1 atom stereocenters. The van der Waals surface area contributed by atoms with Crippen LogP contribution in [0.2, 0.25) is 0 Å². The molecule has 1 aliphatic heterocycles. The number of carbonyl (C=O) groups is 2. The van der Waals surface area contributed by atoms with Gasteiger partial charge in [-0.3, -0.25) is 4.79 Å². The van der Waals surface area contributed by atoms with E-state index < -0.39 is 24.0 Å². The van der Waals surface area contributed by atoms with Gasteiger partial charge < -0.3 is 10.0 Å². The summed E-state index contributed by atoms with van der Waals surface area (Å²) in [4.78, 5) is 25.7. The van der Waals surface area contributed by atoms with Crippen LogP contribution in [-0.4, -0.2) is 41.1 Å². The standard InChI is InChI=1S/C20H18F3NO3/c21-20(22,23)13-6-5-11-24(12-13)18(25)16-9-3-1-7-14(16)15-8-2-4-10-17(15)19(26)27/h1-4,7-10,13H,5-6,11-12H2,(H,26,27). The van der Waals surface area contributed by atoms with Gasteiger partial charge in [-0.05, 0) is 36.1 Å². The third-order valence-electron chi connectivity index (χ3n) is 4.78. The number of nitrogens with zero attached hydrogens (tertiary/aromatic N) is 1. The molecule has 3 rings (SSSR count). The van der Waals surface area contributed by atoms with Gasteiger partial charge in [0.25, 0.3) is 5.91 Å². The number of benzene rings is 2. The third kappa shape index (κ3) is 3.97. The highest BCUT2D eigenvalue weighted by atomic mass is 19.4. The predicted molar refractivity (Wildman–Crippen MR) is 93.5 cm³/mol. The molecule has 0 saturated carbocycles. The van der Waals surface area contributed by atoms with Gasteiger partial charge in [0.2, 0.25) is 0 Å². The molecule has 1 saturated heterocycles. The normalized spacial score (nSPS) is 17.6. The minimum absolute atomic E-state index is 0.0107. The molecule has 0 bridgehead atoms. The maximum atomic E-state index is 13.1. The van der Waals surface area contributed by atoms with Gasteiger partial charge in [0, 0.05) is 18.7 Å². The molecule has 2 aromatic rings. The average molecular weight is 377 g/mol. The Hall–Kier alpha value is -2.83. The minimum Gasteiger partial charge on any atom is -0.478 e. The highest BCUT2D eigenvalue weighted by molar-refractivity contribution is 6.04. The van der Waals surface area contributed by atoms with E-state index in [1.807, 2.05) is 0 Å². The molecular formula is C20H18F3NO3. The van der Waals surface area contributed by atoms with Crippen LogP contribution in [0.25, 0.3) is 11.1 Å². The van der Waals surface area contributed by atoms with Crippen LogP contribution < -0.4 is 0 Å². The Morgan fingerprint density at radius 3 is 2.11 bits per heavy atom. The molecule has 0 spiro atoms. The molecule has 0 aliphatic carbocycles. The second-order valence-corrected chi connectivity index (χ2v) is 6.53. The van der Waals surface area contributed by atoms with Crippen molar-refractivity contribution < 1.29 is 27.9 Å². The Labute approximate surface area is 154 Å². The number of piperidine rings is 1. The lowest BCUT2D eigenvalue weighted by atomic mass is 9.93. The monoisotopic (exact) mass is 377 g/mol. The van der Waals surface area contributed by atoms with Crippen molar-refractivity contribution in [1.29, 1.82) is 0 Å². The number of likely N-dealkylation sites (tertiary alicyclic amines) is 1. The van der Waals surface area contributed by atoms with Gasteiger partial charge in [-0.15, -0.1) is 0 Å². The molecular weight excluding hydrogens is 359 g/mol. The lowest BCUT2D eigenvalue weighted by Crippen LogP contribution is -2.44. The number of rotatable bonds is 3. The zero-order valence-corrected chi connectivity index (χ0v) is 14.4. The second kappa shape index (κ2) is 7.42. The van der Waals surface area contributed by atoms with Crippen LogP contribution in [0.15, 0.2) is 48.5 Å². The van der Waals surface area contributed by atoms with Crippen LogP contribution in [0.5, 0.6) is 0 Å². The van der Waals surface area contributed by atoms with Crippen LogP contribution in [0, 0.1) is 5.92 Å². The Kier molecular flexibility index (Phi) is 5.21. The molecule has 27 heavy (non-hydrogen) atoms. The SMILES string of the molecule is O=C(O)c1ccccc1-c1ccccc1C(=O)N1CCCC(C(F)(F)F)C1. The summed E-state index contributed by atoms with van der Waals surface area (Å²) in [6.45, 7) is -0.127. The van der Waals surface area contributed by atoms with Crippen LogP contribution in [0.3, 0.4) is 0 Å². The van der Waals surface area contributed by atoms with Crippen molar-refractivity contribution in [2.75, 3.05) is 13.1 Å². The summed E-state index contributed by atoms with van der Waals surface area (Å²) in [6.07, 6.45) is -4.05. The van der Waals surface area contributed by atoms with Crippen molar-refractivity contribution in [2.45, 2.75) is 19.0 Å². The molecule has 2 aromatic carbocycles. The number of alkyl halides is 3. The molecule has 0 radical (unpaired) electrons. The highest BCUT2D eigenvalue weighted by Crippen LogP contribution is 2.34. The zero-order valence-electron chi connectivity index (χ0n) is 14.4. The van der Waals surface area contributed by atoms with E-state index in [0.717, 1.165) is 0 Å². The Morgan fingerprint density at radius 2 is 1.52 bits per heavy atom. The van der Waals surface area contributed by atoms with E-state index in [2.05, 4.69) is 0 Å².